The molecule has 0 fully saturated rings. The average molecular weight is 204 g/mol. The molecule has 0 saturated heterocycles. The van der Waals surface area contributed by atoms with E-state index in [1.165, 1.54) is 12.1 Å². The summed E-state index contributed by atoms with van der Waals surface area (Å²) < 4.78 is 12.8. The van der Waals surface area contributed by atoms with Gasteiger partial charge in [0.25, 0.3) is 0 Å². The molecule has 72 valence electrons. The third-order valence-corrected chi connectivity index (χ3v) is 1.66. The van der Waals surface area contributed by atoms with Gasteiger partial charge in [-0.2, -0.15) is 5.48 Å². The summed E-state index contributed by atoms with van der Waals surface area (Å²) in [5, 5.41) is 0.397. The van der Waals surface area contributed by atoms with Crippen LogP contribution in [0.1, 0.15) is 12.5 Å². The van der Waals surface area contributed by atoms with Crippen molar-refractivity contribution in [1.29, 1.82) is 0 Å². The zero-order valence-electron chi connectivity index (χ0n) is 7.31. The maximum Gasteiger partial charge on any atom is 0.125 e. The van der Waals surface area contributed by atoms with Crippen LogP contribution in [-0.2, 0) is 11.4 Å². The molecule has 0 atom stereocenters. The topological polar surface area (TPSA) is 21.3 Å². The molecule has 0 aromatic heterocycles. The standard InChI is InChI=1S/C9H11ClFNO/c1-2-13-12-6-7-3-8(10)5-9(11)4-7/h3-5,12H,2,6H2,1H3. The number of nitrogens with one attached hydrogen (secondary N) is 1. The maximum atomic E-state index is 12.8. The first-order valence-electron chi connectivity index (χ1n) is 4.02. The zero-order valence-corrected chi connectivity index (χ0v) is 8.07. The lowest BCUT2D eigenvalue weighted by Crippen LogP contribution is -2.13. The minimum absolute atomic E-state index is 0.333. The molecule has 2 nitrogen and oxygen atoms in total. The Morgan fingerprint density at radius 3 is 2.85 bits per heavy atom. The Labute approximate surface area is 81.6 Å². The van der Waals surface area contributed by atoms with Gasteiger partial charge >= 0.3 is 0 Å². The van der Waals surface area contributed by atoms with Crippen molar-refractivity contribution in [2.45, 2.75) is 13.5 Å². The van der Waals surface area contributed by atoms with Gasteiger partial charge in [-0.15, -0.1) is 0 Å². The molecule has 0 amide bonds. The van der Waals surface area contributed by atoms with Gasteiger partial charge in [-0.1, -0.05) is 11.6 Å². The van der Waals surface area contributed by atoms with Crippen LogP contribution in [0.2, 0.25) is 5.02 Å². The Balaban J connectivity index is 2.56. The Bertz CT molecular complexity index is 260. The SMILES string of the molecule is CCONCc1cc(F)cc(Cl)c1. The van der Waals surface area contributed by atoms with E-state index in [0.717, 1.165) is 5.56 Å². The predicted octanol–water partition coefficient (Wildman–Crippen LogP) is 2.52. The highest BCUT2D eigenvalue weighted by Gasteiger charge is 1.98. The quantitative estimate of drug-likeness (QED) is 0.600. The lowest BCUT2D eigenvalue weighted by molar-refractivity contribution is 0.0463. The molecule has 0 aliphatic heterocycles. The summed E-state index contributed by atoms with van der Waals surface area (Å²) in [6.45, 7) is 2.89. The van der Waals surface area contributed by atoms with Crippen molar-refractivity contribution in [3.05, 3.63) is 34.6 Å². The van der Waals surface area contributed by atoms with E-state index in [-0.39, 0.29) is 5.82 Å². The fourth-order valence-electron chi connectivity index (χ4n) is 0.949. The highest BCUT2D eigenvalue weighted by Crippen LogP contribution is 2.13. The van der Waals surface area contributed by atoms with Crippen LogP contribution >= 0.6 is 11.6 Å². The van der Waals surface area contributed by atoms with E-state index in [2.05, 4.69) is 5.48 Å². The summed E-state index contributed by atoms with van der Waals surface area (Å²) >= 11 is 5.65. The third kappa shape index (κ3) is 3.72. The summed E-state index contributed by atoms with van der Waals surface area (Å²) in [6.07, 6.45) is 0. The second kappa shape index (κ2) is 5.17. The zero-order chi connectivity index (χ0) is 9.68. The fourth-order valence-corrected chi connectivity index (χ4v) is 1.19. The highest BCUT2D eigenvalue weighted by atomic mass is 35.5. The second-order valence-corrected chi connectivity index (χ2v) is 2.97. The summed E-state index contributed by atoms with van der Waals surface area (Å²) in [6, 6.07) is 4.38. The van der Waals surface area contributed by atoms with Crippen LogP contribution in [0.15, 0.2) is 18.2 Å². The highest BCUT2D eigenvalue weighted by molar-refractivity contribution is 6.30. The minimum Gasteiger partial charge on any atom is -0.302 e. The van der Waals surface area contributed by atoms with E-state index in [0.29, 0.717) is 18.2 Å². The van der Waals surface area contributed by atoms with E-state index in [1.807, 2.05) is 6.92 Å². The van der Waals surface area contributed by atoms with Crippen molar-refractivity contribution in [1.82, 2.24) is 5.48 Å². The molecule has 1 aromatic rings. The Kier molecular flexibility index (Phi) is 4.15. The van der Waals surface area contributed by atoms with Gasteiger partial charge < -0.3 is 4.84 Å². The molecule has 0 spiro atoms. The number of hydrogen-bond donors (Lipinski definition) is 1. The van der Waals surface area contributed by atoms with E-state index in [4.69, 9.17) is 16.4 Å². The Hall–Kier alpha value is -0.640. The number of halogens is 2. The van der Waals surface area contributed by atoms with Crippen molar-refractivity contribution < 1.29 is 9.23 Å². The maximum absolute atomic E-state index is 12.8. The van der Waals surface area contributed by atoms with Gasteiger partial charge in [0.15, 0.2) is 0 Å². The van der Waals surface area contributed by atoms with Gasteiger partial charge in [-0.05, 0) is 30.7 Å². The summed E-state index contributed by atoms with van der Waals surface area (Å²) in [5.41, 5.74) is 3.44. The van der Waals surface area contributed by atoms with Crippen molar-refractivity contribution in [2.24, 2.45) is 0 Å². The van der Waals surface area contributed by atoms with Gasteiger partial charge in [-0.3, -0.25) is 0 Å². The van der Waals surface area contributed by atoms with Gasteiger partial charge in [-0.25, -0.2) is 4.39 Å². The first-order chi connectivity index (χ1) is 6.22. The van der Waals surface area contributed by atoms with Gasteiger partial charge in [0.05, 0.1) is 6.61 Å². The molecule has 13 heavy (non-hydrogen) atoms. The largest absolute Gasteiger partial charge is 0.302 e. The van der Waals surface area contributed by atoms with E-state index < -0.39 is 0 Å². The fraction of sp³-hybridized carbons (Fsp3) is 0.333. The molecule has 0 bridgehead atoms. The molecular formula is C9H11ClFNO. The number of benzene rings is 1. The normalized spacial score (nSPS) is 10.4. The average Bonchev–Trinajstić information content (AvgIpc) is 2.03. The van der Waals surface area contributed by atoms with E-state index in [9.17, 15) is 4.39 Å². The molecule has 0 unspecified atom stereocenters. The van der Waals surface area contributed by atoms with Crippen LogP contribution < -0.4 is 5.48 Å². The van der Waals surface area contributed by atoms with Crippen molar-refractivity contribution in [3.63, 3.8) is 0 Å². The van der Waals surface area contributed by atoms with Gasteiger partial charge in [0.1, 0.15) is 5.82 Å². The minimum atomic E-state index is -0.333. The third-order valence-electron chi connectivity index (χ3n) is 1.45. The predicted molar refractivity (Wildman–Crippen MR) is 49.9 cm³/mol. The molecule has 0 saturated carbocycles. The lowest BCUT2D eigenvalue weighted by Gasteiger charge is -2.04. The van der Waals surface area contributed by atoms with Crippen LogP contribution in [-0.4, -0.2) is 6.61 Å². The molecule has 0 radical (unpaired) electrons. The lowest BCUT2D eigenvalue weighted by atomic mass is 10.2. The molecular weight excluding hydrogens is 193 g/mol. The van der Waals surface area contributed by atoms with Crippen molar-refractivity contribution in [3.8, 4) is 0 Å². The first-order valence-corrected chi connectivity index (χ1v) is 4.39. The van der Waals surface area contributed by atoms with Crippen LogP contribution in [0, 0.1) is 5.82 Å². The summed E-state index contributed by atoms with van der Waals surface area (Å²) in [7, 11) is 0. The Morgan fingerprint density at radius 2 is 2.23 bits per heavy atom. The van der Waals surface area contributed by atoms with Crippen LogP contribution in [0.3, 0.4) is 0 Å². The first kappa shape index (κ1) is 10.4. The second-order valence-electron chi connectivity index (χ2n) is 2.53. The summed E-state index contributed by atoms with van der Waals surface area (Å²) in [4.78, 5) is 4.90. The smallest absolute Gasteiger partial charge is 0.125 e. The van der Waals surface area contributed by atoms with Crippen LogP contribution in [0.5, 0.6) is 0 Å². The van der Waals surface area contributed by atoms with Crippen molar-refractivity contribution in [2.75, 3.05) is 6.61 Å². The van der Waals surface area contributed by atoms with E-state index >= 15 is 0 Å². The van der Waals surface area contributed by atoms with Gasteiger partial charge in [0.2, 0.25) is 0 Å². The number of hydrogen-bond acceptors (Lipinski definition) is 2. The molecule has 1 rings (SSSR count). The van der Waals surface area contributed by atoms with Crippen LogP contribution in [0.25, 0.3) is 0 Å². The van der Waals surface area contributed by atoms with E-state index in [1.54, 1.807) is 6.07 Å². The molecule has 1 N–H and O–H groups in total. The molecule has 0 aliphatic carbocycles. The summed E-state index contributed by atoms with van der Waals surface area (Å²) in [5.74, 6) is -0.333. The molecule has 4 heteroatoms. The van der Waals surface area contributed by atoms with Crippen molar-refractivity contribution >= 4 is 11.6 Å². The molecule has 0 aliphatic rings. The van der Waals surface area contributed by atoms with Crippen LogP contribution in [0.4, 0.5) is 4.39 Å². The monoisotopic (exact) mass is 203 g/mol. The Morgan fingerprint density at radius 1 is 1.46 bits per heavy atom. The molecule has 1 aromatic carbocycles. The molecule has 0 heterocycles. The number of hydroxylamine groups is 1. The van der Waals surface area contributed by atoms with Gasteiger partial charge in [0, 0.05) is 11.6 Å². The number of rotatable bonds is 4.